The lowest BCUT2D eigenvalue weighted by atomic mass is 10.1. The van der Waals surface area contributed by atoms with Gasteiger partial charge in [0.2, 0.25) is 5.91 Å². The summed E-state index contributed by atoms with van der Waals surface area (Å²) in [5.41, 5.74) is 0.862. The summed E-state index contributed by atoms with van der Waals surface area (Å²) in [7, 11) is -3.07. The molecule has 25 heavy (non-hydrogen) atoms. The van der Waals surface area contributed by atoms with Crippen molar-refractivity contribution in [1.29, 1.82) is 0 Å². The number of rotatable bonds is 5. The molecule has 1 amide bonds. The van der Waals surface area contributed by atoms with Gasteiger partial charge in [0.1, 0.15) is 5.82 Å². The molecule has 0 N–H and O–H groups in total. The number of hydrogen-bond donors (Lipinski definition) is 0. The van der Waals surface area contributed by atoms with Crippen LogP contribution in [0.1, 0.15) is 31.7 Å². The number of carbonyl (C=O) groups excluding carboxylic acids is 1. The minimum absolute atomic E-state index is 0.0774. The van der Waals surface area contributed by atoms with Crippen molar-refractivity contribution < 1.29 is 17.6 Å². The number of unbranched alkanes of at least 4 members (excludes halogenated alkanes) is 1. The van der Waals surface area contributed by atoms with Crippen molar-refractivity contribution in [1.82, 2.24) is 4.90 Å². The largest absolute Gasteiger partial charge is 0.342 e. The lowest BCUT2D eigenvalue weighted by Gasteiger charge is -2.24. The van der Waals surface area contributed by atoms with E-state index in [0.717, 1.165) is 18.4 Å². The molecule has 2 aliphatic rings. The SMILES string of the molecule is CCCCC(=O)N=C1S[C@@H]2CS(=O)(=O)C[C@@H]2N1Cc1ccc(F)cc1. The second kappa shape index (κ2) is 7.45. The second-order valence-corrected chi connectivity index (χ2v) is 9.81. The number of fused-ring (bicyclic) bond motifs is 1. The molecular weight excluding hydrogens is 363 g/mol. The minimum atomic E-state index is -3.07. The van der Waals surface area contributed by atoms with Crippen LogP contribution in [-0.4, -0.2) is 47.2 Å². The van der Waals surface area contributed by atoms with Crippen LogP contribution in [0.2, 0.25) is 0 Å². The standard InChI is InChI=1S/C17H21FN2O3S2/c1-2-3-4-16(21)19-17-20(9-12-5-7-13(18)8-6-12)14-10-25(22,23)11-15(14)24-17/h5-8,14-15H,2-4,9-11H2,1H3/t14-,15+/m0/s1. The van der Waals surface area contributed by atoms with Gasteiger partial charge < -0.3 is 4.90 Å². The van der Waals surface area contributed by atoms with Crippen molar-refractivity contribution in [2.75, 3.05) is 11.5 Å². The number of benzene rings is 1. The summed E-state index contributed by atoms with van der Waals surface area (Å²) in [6, 6.07) is 5.92. The average molecular weight is 384 g/mol. The van der Waals surface area contributed by atoms with Gasteiger partial charge in [-0.2, -0.15) is 4.99 Å². The molecule has 0 radical (unpaired) electrons. The van der Waals surface area contributed by atoms with E-state index in [2.05, 4.69) is 4.99 Å². The minimum Gasteiger partial charge on any atom is -0.342 e. The van der Waals surface area contributed by atoms with E-state index in [1.165, 1.54) is 23.9 Å². The normalized spacial score (nSPS) is 26.2. The first kappa shape index (κ1) is 18.4. The van der Waals surface area contributed by atoms with Gasteiger partial charge in [-0.05, 0) is 24.1 Å². The summed E-state index contributed by atoms with van der Waals surface area (Å²) in [4.78, 5) is 18.2. The van der Waals surface area contributed by atoms with Crippen LogP contribution in [0.25, 0.3) is 0 Å². The van der Waals surface area contributed by atoms with E-state index in [4.69, 9.17) is 0 Å². The summed E-state index contributed by atoms with van der Waals surface area (Å²) in [5.74, 6) is -0.292. The quantitative estimate of drug-likeness (QED) is 0.781. The van der Waals surface area contributed by atoms with E-state index in [1.54, 1.807) is 12.1 Å². The fourth-order valence-electron chi connectivity index (χ4n) is 3.10. The van der Waals surface area contributed by atoms with Crippen molar-refractivity contribution in [3.8, 4) is 0 Å². The van der Waals surface area contributed by atoms with Gasteiger partial charge in [0, 0.05) is 18.2 Å². The zero-order chi connectivity index (χ0) is 18.0. The molecule has 0 saturated carbocycles. The van der Waals surface area contributed by atoms with Gasteiger partial charge in [-0.25, -0.2) is 12.8 Å². The van der Waals surface area contributed by atoms with Crippen LogP contribution in [0.5, 0.6) is 0 Å². The molecule has 0 aromatic heterocycles. The molecule has 2 fully saturated rings. The van der Waals surface area contributed by atoms with Crippen LogP contribution >= 0.6 is 11.8 Å². The predicted octanol–water partition coefficient (Wildman–Crippen LogP) is 2.61. The Kier molecular flexibility index (Phi) is 5.48. The molecule has 2 atom stereocenters. The van der Waals surface area contributed by atoms with Crippen molar-refractivity contribution in [2.24, 2.45) is 4.99 Å². The first-order valence-electron chi connectivity index (χ1n) is 8.37. The summed E-state index contributed by atoms with van der Waals surface area (Å²) in [5, 5.41) is 0.499. The maximum Gasteiger partial charge on any atom is 0.248 e. The Balaban J connectivity index is 1.83. The summed E-state index contributed by atoms with van der Waals surface area (Å²) in [6.45, 7) is 2.44. The Morgan fingerprint density at radius 3 is 2.72 bits per heavy atom. The molecule has 2 saturated heterocycles. The Morgan fingerprint density at radius 2 is 2.04 bits per heavy atom. The first-order chi connectivity index (χ1) is 11.9. The third kappa shape index (κ3) is 4.41. The van der Waals surface area contributed by atoms with E-state index < -0.39 is 9.84 Å². The zero-order valence-corrected chi connectivity index (χ0v) is 15.7. The van der Waals surface area contributed by atoms with Crippen molar-refractivity contribution in [3.63, 3.8) is 0 Å². The van der Waals surface area contributed by atoms with Crippen molar-refractivity contribution in [2.45, 2.75) is 44.0 Å². The number of sulfone groups is 1. The Morgan fingerprint density at radius 1 is 1.32 bits per heavy atom. The molecule has 1 aromatic rings. The summed E-state index contributed by atoms with van der Waals surface area (Å²) in [6.07, 6.45) is 2.12. The van der Waals surface area contributed by atoms with E-state index in [0.29, 0.717) is 18.1 Å². The number of hydrogen-bond acceptors (Lipinski definition) is 4. The molecule has 0 bridgehead atoms. The number of aliphatic imine (C=N–C) groups is 1. The van der Waals surface area contributed by atoms with E-state index >= 15 is 0 Å². The lowest BCUT2D eigenvalue weighted by Crippen LogP contribution is -2.37. The molecule has 0 unspecified atom stereocenters. The fourth-order valence-corrected chi connectivity index (χ4v) is 7.07. The molecule has 0 spiro atoms. The highest BCUT2D eigenvalue weighted by Gasteiger charge is 2.48. The highest BCUT2D eigenvalue weighted by atomic mass is 32.2. The number of carbonyl (C=O) groups is 1. The maximum atomic E-state index is 13.1. The van der Waals surface area contributed by atoms with E-state index in [9.17, 15) is 17.6 Å². The van der Waals surface area contributed by atoms with Gasteiger partial charge in [-0.15, -0.1) is 0 Å². The predicted molar refractivity (Wildman–Crippen MR) is 97.7 cm³/mol. The Bertz CT molecular complexity index is 778. The molecular formula is C17H21FN2O3S2. The van der Waals surface area contributed by atoms with Crippen molar-refractivity contribution >= 4 is 32.7 Å². The molecule has 136 valence electrons. The van der Waals surface area contributed by atoms with Gasteiger partial charge in [-0.3, -0.25) is 4.79 Å². The van der Waals surface area contributed by atoms with Crippen LogP contribution in [-0.2, 0) is 21.2 Å². The van der Waals surface area contributed by atoms with Crippen LogP contribution in [0, 0.1) is 5.82 Å². The van der Waals surface area contributed by atoms with Crippen LogP contribution in [0.15, 0.2) is 29.3 Å². The number of amidine groups is 1. The van der Waals surface area contributed by atoms with Crippen LogP contribution in [0.4, 0.5) is 4.39 Å². The number of nitrogens with zero attached hydrogens (tertiary/aromatic N) is 2. The number of halogens is 1. The second-order valence-electron chi connectivity index (χ2n) is 6.45. The van der Waals surface area contributed by atoms with E-state index in [1.807, 2.05) is 11.8 Å². The molecule has 2 aliphatic heterocycles. The molecule has 0 aliphatic carbocycles. The summed E-state index contributed by atoms with van der Waals surface area (Å²) < 4.78 is 37.0. The van der Waals surface area contributed by atoms with Gasteiger partial charge in [-0.1, -0.05) is 37.2 Å². The smallest absolute Gasteiger partial charge is 0.248 e. The third-order valence-corrected chi connectivity index (χ3v) is 7.65. The average Bonchev–Trinajstić information content (AvgIpc) is 3.00. The Hall–Kier alpha value is -1.41. The highest BCUT2D eigenvalue weighted by molar-refractivity contribution is 8.15. The number of amides is 1. The Labute approximate surface area is 151 Å². The van der Waals surface area contributed by atoms with Crippen LogP contribution in [0.3, 0.4) is 0 Å². The lowest BCUT2D eigenvalue weighted by molar-refractivity contribution is -0.117. The molecule has 5 nitrogen and oxygen atoms in total. The van der Waals surface area contributed by atoms with Gasteiger partial charge in [0.25, 0.3) is 0 Å². The third-order valence-electron chi connectivity index (χ3n) is 4.41. The monoisotopic (exact) mass is 384 g/mol. The first-order valence-corrected chi connectivity index (χ1v) is 11.1. The maximum absolute atomic E-state index is 13.1. The zero-order valence-electron chi connectivity index (χ0n) is 14.0. The molecule has 1 aromatic carbocycles. The number of thioether (sulfide) groups is 1. The summed E-state index contributed by atoms with van der Waals surface area (Å²) >= 11 is 1.38. The molecule has 8 heteroatoms. The van der Waals surface area contributed by atoms with Gasteiger partial charge in [0.15, 0.2) is 15.0 Å². The topological polar surface area (TPSA) is 66.8 Å². The fraction of sp³-hybridized carbons (Fsp3) is 0.529. The van der Waals surface area contributed by atoms with Gasteiger partial charge in [0.05, 0.1) is 17.5 Å². The van der Waals surface area contributed by atoms with E-state index in [-0.39, 0.29) is 34.5 Å². The van der Waals surface area contributed by atoms with Crippen LogP contribution < -0.4 is 0 Å². The molecule has 3 rings (SSSR count). The molecule has 2 heterocycles. The van der Waals surface area contributed by atoms with Gasteiger partial charge >= 0.3 is 0 Å². The highest BCUT2D eigenvalue weighted by Crippen LogP contribution is 2.39. The van der Waals surface area contributed by atoms with Crippen molar-refractivity contribution in [3.05, 3.63) is 35.6 Å².